The minimum atomic E-state index is 0.182. The summed E-state index contributed by atoms with van der Waals surface area (Å²) in [4.78, 5) is 4.51. The number of fused-ring (bicyclic) bond motifs is 1. The fraction of sp³-hybridized carbons (Fsp3) is 0.235. The highest BCUT2D eigenvalue weighted by atomic mass is 16.5. The molecule has 0 aliphatic heterocycles. The fourth-order valence-corrected chi connectivity index (χ4v) is 2.48. The number of ether oxygens (including phenoxy) is 1. The van der Waals surface area contributed by atoms with Gasteiger partial charge >= 0.3 is 0 Å². The van der Waals surface area contributed by atoms with E-state index in [0.717, 1.165) is 22.6 Å². The number of hydrogen-bond acceptors (Lipinski definition) is 3. The van der Waals surface area contributed by atoms with Gasteiger partial charge < -0.3 is 14.2 Å². The minimum Gasteiger partial charge on any atom is -0.504 e. The van der Waals surface area contributed by atoms with Crippen LogP contribution in [0.5, 0.6) is 11.5 Å². The number of benzene rings is 1. The maximum atomic E-state index is 9.85. The van der Waals surface area contributed by atoms with Gasteiger partial charge in [-0.3, -0.25) is 0 Å². The van der Waals surface area contributed by atoms with Crippen molar-refractivity contribution in [3.05, 3.63) is 48.3 Å². The van der Waals surface area contributed by atoms with E-state index in [1.54, 1.807) is 19.2 Å². The lowest BCUT2D eigenvalue weighted by Crippen LogP contribution is -1.94. The highest BCUT2D eigenvalue weighted by Gasteiger charge is 2.12. The molecule has 0 amide bonds. The van der Waals surface area contributed by atoms with Gasteiger partial charge in [-0.25, -0.2) is 4.98 Å². The summed E-state index contributed by atoms with van der Waals surface area (Å²) in [6.07, 6.45) is 3.79. The lowest BCUT2D eigenvalue weighted by molar-refractivity contribution is 0.407. The van der Waals surface area contributed by atoms with E-state index in [1.807, 2.05) is 28.9 Å². The maximum absolute atomic E-state index is 9.85. The second-order valence-corrected chi connectivity index (χ2v) is 5.36. The molecule has 0 spiro atoms. The lowest BCUT2D eigenvalue weighted by atomic mass is 9.98. The normalized spacial score (nSPS) is 11.2. The van der Waals surface area contributed by atoms with Crippen LogP contribution in [0.3, 0.4) is 0 Å². The van der Waals surface area contributed by atoms with Gasteiger partial charge in [-0.15, -0.1) is 0 Å². The number of nitrogens with zero attached hydrogens (tertiary/aromatic N) is 2. The summed E-state index contributed by atoms with van der Waals surface area (Å²) in [7, 11) is 1.68. The van der Waals surface area contributed by atoms with Crippen molar-refractivity contribution in [1.29, 1.82) is 0 Å². The second kappa shape index (κ2) is 5.13. The fourth-order valence-electron chi connectivity index (χ4n) is 2.48. The van der Waals surface area contributed by atoms with Crippen molar-refractivity contribution in [2.75, 3.05) is 7.11 Å². The molecule has 0 unspecified atom stereocenters. The Labute approximate surface area is 123 Å². The van der Waals surface area contributed by atoms with E-state index >= 15 is 0 Å². The molecule has 0 bridgehead atoms. The van der Waals surface area contributed by atoms with Gasteiger partial charge in [-0.2, -0.15) is 0 Å². The Kier molecular flexibility index (Phi) is 3.29. The molecule has 3 rings (SSSR count). The molecule has 4 heteroatoms. The third-order valence-corrected chi connectivity index (χ3v) is 3.61. The highest BCUT2D eigenvalue weighted by Crippen LogP contribution is 2.31. The van der Waals surface area contributed by atoms with Gasteiger partial charge in [0, 0.05) is 18.0 Å². The molecule has 3 aromatic rings. The molecular weight excluding hydrogens is 264 g/mol. The Balaban J connectivity index is 2.14. The van der Waals surface area contributed by atoms with Crippen LogP contribution in [0, 0.1) is 0 Å². The predicted octanol–water partition coefficient (Wildman–Crippen LogP) is 3.84. The lowest BCUT2D eigenvalue weighted by Gasteiger charge is -2.12. The first kappa shape index (κ1) is 13.5. The molecule has 4 nitrogen and oxygen atoms in total. The van der Waals surface area contributed by atoms with E-state index < -0.39 is 0 Å². The van der Waals surface area contributed by atoms with Crippen molar-refractivity contribution in [1.82, 2.24) is 9.38 Å². The van der Waals surface area contributed by atoms with Crippen molar-refractivity contribution in [2.45, 2.75) is 19.8 Å². The molecular formula is C17H18N2O2. The van der Waals surface area contributed by atoms with E-state index in [4.69, 9.17) is 4.74 Å². The molecule has 0 atom stereocenters. The Morgan fingerprint density at radius 3 is 2.71 bits per heavy atom. The largest absolute Gasteiger partial charge is 0.504 e. The zero-order valence-corrected chi connectivity index (χ0v) is 12.4. The van der Waals surface area contributed by atoms with Crippen molar-refractivity contribution in [2.24, 2.45) is 0 Å². The molecule has 1 aromatic carbocycles. The average molecular weight is 282 g/mol. The van der Waals surface area contributed by atoms with Crippen LogP contribution < -0.4 is 4.74 Å². The Hall–Kier alpha value is -2.49. The number of methoxy groups -OCH3 is 1. The number of aromatic nitrogens is 2. The van der Waals surface area contributed by atoms with E-state index in [9.17, 15) is 5.11 Å². The zero-order valence-electron chi connectivity index (χ0n) is 12.4. The van der Waals surface area contributed by atoms with Gasteiger partial charge in [0.2, 0.25) is 0 Å². The van der Waals surface area contributed by atoms with E-state index in [2.05, 4.69) is 24.9 Å². The van der Waals surface area contributed by atoms with Gasteiger partial charge in [-0.1, -0.05) is 13.8 Å². The average Bonchev–Trinajstić information content (AvgIpc) is 2.92. The van der Waals surface area contributed by atoms with Crippen molar-refractivity contribution >= 4 is 5.65 Å². The summed E-state index contributed by atoms with van der Waals surface area (Å²) >= 11 is 0. The smallest absolute Gasteiger partial charge is 0.180 e. The summed E-state index contributed by atoms with van der Waals surface area (Å²) in [5, 5.41) is 9.85. The quantitative estimate of drug-likeness (QED) is 0.794. The molecule has 2 heterocycles. The molecule has 21 heavy (non-hydrogen) atoms. The number of pyridine rings is 1. The molecule has 0 aliphatic carbocycles. The van der Waals surface area contributed by atoms with Crippen molar-refractivity contribution < 1.29 is 9.84 Å². The molecule has 0 radical (unpaired) electrons. The van der Waals surface area contributed by atoms with E-state index in [-0.39, 0.29) is 5.75 Å². The van der Waals surface area contributed by atoms with Crippen molar-refractivity contribution in [3.63, 3.8) is 0 Å². The summed E-state index contributed by atoms with van der Waals surface area (Å²) < 4.78 is 7.23. The van der Waals surface area contributed by atoms with Crippen LogP contribution in [0.15, 0.2) is 42.7 Å². The zero-order chi connectivity index (χ0) is 15.0. The molecule has 0 fully saturated rings. The molecule has 2 aromatic heterocycles. The van der Waals surface area contributed by atoms with Crippen molar-refractivity contribution in [3.8, 4) is 22.8 Å². The van der Waals surface area contributed by atoms with Gasteiger partial charge in [0.1, 0.15) is 5.75 Å². The van der Waals surface area contributed by atoms with Gasteiger partial charge in [0.25, 0.3) is 0 Å². The Morgan fingerprint density at radius 2 is 2.05 bits per heavy atom. The monoisotopic (exact) mass is 282 g/mol. The first-order chi connectivity index (χ1) is 10.1. The SMILES string of the molecule is COc1ccc(-c2cn3cccc(O)c3n2)cc1C(C)C. The number of aromatic hydroxyl groups is 1. The van der Waals surface area contributed by atoms with Crippen LogP contribution >= 0.6 is 0 Å². The summed E-state index contributed by atoms with van der Waals surface area (Å²) in [6, 6.07) is 9.49. The predicted molar refractivity (Wildman–Crippen MR) is 82.9 cm³/mol. The molecule has 0 saturated heterocycles. The van der Waals surface area contributed by atoms with Crippen LogP contribution in [0.2, 0.25) is 0 Å². The van der Waals surface area contributed by atoms with Crippen LogP contribution in [0.1, 0.15) is 25.3 Å². The number of hydrogen-bond donors (Lipinski definition) is 1. The first-order valence-corrected chi connectivity index (χ1v) is 6.95. The minimum absolute atomic E-state index is 0.182. The molecule has 0 aliphatic rings. The maximum Gasteiger partial charge on any atom is 0.180 e. The summed E-state index contributed by atoms with van der Waals surface area (Å²) in [5.74, 6) is 1.44. The third kappa shape index (κ3) is 2.33. The number of rotatable bonds is 3. The third-order valence-electron chi connectivity index (χ3n) is 3.61. The molecule has 0 saturated carbocycles. The van der Waals surface area contributed by atoms with Gasteiger partial charge in [0.05, 0.1) is 12.8 Å². The Bertz CT molecular complexity index is 791. The van der Waals surface area contributed by atoms with Crippen LogP contribution in [-0.2, 0) is 0 Å². The number of imidazole rings is 1. The topological polar surface area (TPSA) is 46.8 Å². The summed E-state index contributed by atoms with van der Waals surface area (Å²) in [5.41, 5.74) is 3.56. The van der Waals surface area contributed by atoms with Crippen LogP contribution in [0.4, 0.5) is 0 Å². The van der Waals surface area contributed by atoms with E-state index in [1.165, 1.54) is 0 Å². The van der Waals surface area contributed by atoms with E-state index in [0.29, 0.717) is 11.6 Å². The molecule has 108 valence electrons. The van der Waals surface area contributed by atoms with Gasteiger partial charge in [-0.05, 0) is 41.8 Å². The van der Waals surface area contributed by atoms with Crippen LogP contribution in [-0.4, -0.2) is 21.6 Å². The van der Waals surface area contributed by atoms with Gasteiger partial charge in [0.15, 0.2) is 11.4 Å². The molecule has 1 N–H and O–H groups in total. The Morgan fingerprint density at radius 1 is 1.24 bits per heavy atom. The summed E-state index contributed by atoms with van der Waals surface area (Å²) in [6.45, 7) is 4.27. The first-order valence-electron chi connectivity index (χ1n) is 6.95. The standard InChI is InChI=1S/C17H18N2O2/c1-11(2)13-9-12(6-7-16(13)21-3)14-10-19-8-4-5-15(20)17(19)18-14/h4-11,20H,1-3H3. The van der Waals surface area contributed by atoms with Crippen LogP contribution in [0.25, 0.3) is 16.9 Å². The second-order valence-electron chi connectivity index (χ2n) is 5.36. The highest BCUT2D eigenvalue weighted by molar-refractivity contribution is 5.67.